The second-order valence-corrected chi connectivity index (χ2v) is 5.12. The van der Waals surface area contributed by atoms with Crippen molar-refractivity contribution < 1.29 is 4.79 Å². The van der Waals surface area contributed by atoms with Crippen molar-refractivity contribution in [3.05, 3.63) is 0 Å². The number of carbonyl (C=O) groups is 1. The smallest absolute Gasteiger partial charge is 0.226 e. The van der Waals surface area contributed by atoms with E-state index in [-0.39, 0.29) is 6.04 Å². The lowest BCUT2D eigenvalue weighted by Crippen LogP contribution is -2.33. The van der Waals surface area contributed by atoms with Gasteiger partial charge in [0.15, 0.2) is 0 Å². The Balaban J connectivity index is 1.61. The van der Waals surface area contributed by atoms with Crippen molar-refractivity contribution in [2.45, 2.75) is 31.7 Å². The van der Waals surface area contributed by atoms with E-state index >= 15 is 0 Å². The second-order valence-electron chi connectivity index (χ2n) is 5.12. The first-order chi connectivity index (χ1) is 6.77. The Bertz CT molecular complexity index is 252. The van der Waals surface area contributed by atoms with Gasteiger partial charge in [0.25, 0.3) is 0 Å². The zero-order chi connectivity index (χ0) is 9.71. The van der Waals surface area contributed by atoms with Crippen LogP contribution in [0.1, 0.15) is 25.7 Å². The number of rotatable bonds is 1. The summed E-state index contributed by atoms with van der Waals surface area (Å²) < 4.78 is 0. The van der Waals surface area contributed by atoms with Crippen LogP contribution in [0.5, 0.6) is 0 Å². The molecule has 0 aromatic rings. The van der Waals surface area contributed by atoms with Crippen molar-refractivity contribution in [1.82, 2.24) is 4.90 Å². The summed E-state index contributed by atoms with van der Waals surface area (Å²) in [5, 5.41) is 0. The molecule has 0 spiro atoms. The Morgan fingerprint density at radius 3 is 2.50 bits per heavy atom. The Morgan fingerprint density at radius 1 is 1.21 bits per heavy atom. The summed E-state index contributed by atoms with van der Waals surface area (Å²) in [7, 11) is 0. The highest BCUT2D eigenvalue weighted by molar-refractivity contribution is 5.82. The molecular weight excluding hydrogens is 176 g/mol. The third-order valence-electron chi connectivity index (χ3n) is 4.23. The number of likely N-dealkylation sites (tertiary alicyclic amines) is 1. The molecule has 2 unspecified atom stereocenters. The first-order valence-corrected chi connectivity index (χ1v) is 5.82. The molecule has 3 nitrogen and oxygen atoms in total. The minimum atomic E-state index is 0.234. The van der Waals surface area contributed by atoms with Crippen LogP contribution in [-0.4, -0.2) is 29.9 Å². The normalized spacial score (nSPS) is 45.4. The lowest BCUT2D eigenvalue weighted by Gasteiger charge is -2.16. The number of carbonyl (C=O) groups excluding carboxylic acids is 1. The summed E-state index contributed by atoms with van der Waals surface area (Å²) in [5.41, 5.74) is 5.81. The van der Waals surface area contributed by atoms with Gasteiger partial charge in [-0.25, -0.2) is 0 Å². The number of amides is 1. The molecule has 3 atom stereocenters. The van der Waals surface area contributed by atoms with E-state index in [1.165, 1.54) is 19.3 Å². The third-order valence-corrected chi connectivity index (χ3v) is 4.23. The Labute approximate surface area is 84.6 Å². The van der Waals surface area contributed by atoms with E-state index < -0.39 is 0 Å². The van der Waals surface area contributed by atoms with E-state index in [4.69, 9.17) is 5.73 Å². The van der Waals surface area contributed by atoms with Crippen LogP contribution in [0.25, 0.3) is 0 Å². The number of hydrogen-bond donors (Lipinski definition) is 1. The Hall–Kier alpha value is -0.570. The molecule has 0 aromatic heterocycles. The predicted octanol–water partition coefficient (Wildman–Crippen LogP) is 0.592. The van der Waals surface area contributed by atoms with Crippen molar-refractivity contribution in [3.63, 3.8) is 0 Å². The van der Waals surface area contributed by atoms with Gasteiger partial charge in [-0.05, 0) is 31.1 Å². The lowest BCUT2D eigenvalue weighted by atomic mass is 10.1. The van der Waals surface area contributed by atoms with Crippen LogP contribution in [0.15, 0.2) is 0 Å². The van der Waals surface area contributed by atoms with Gasteiger partial charge in [0.2, 0.25) is 5.91 Å². The first-order valence-electron chi connectivity index (χ1n) is 5.82. The minimum Gasteiger partial charge on any atom is -0.341 e. The van der Waals surface area contributed by atoms with Crippen LogP contribution in [0.4, 0.5) is 0 Å². The standard InChI is InChI=1S/C11H18N2O/c12-7-4-5-13(6-7)11(14)10-8-2-1-3-9(8)10/h7-10H,1-6,12H2/t7-,8?,9?,10?/m0/s1. The van der Waals surface area contributed by atoms with Crippen LogP contribution in [0.3, 0.4) is 0 Å². The zero-order valence-electron chi connectivity index (χ0n) is 8.48. The number of hydrogen-bond acceptors (Lipinski definition) is 2. The van der Waals surface area contributed by atoms with Gasteiger partial charge in [-0.15, -0.1) is 0 Å². The van der Waals surface area contributed by atoms with E-state index in [1.54, 1.807) is 0 Å². The molecule has 2 saturated carbocycles. The topological polar surface area (TPSA) is 46.3 Å². The van der Waals surface area contributed by atoms with Gasteiger partial charge in [0, 0.05) is 25.0 Å². The summed E-state index contributed by atoms with van der Waals surface area (Å²) in [6.45, 7) is 1.70. The Morgan fingerprint density at radius 2 is 1.93 bits per heavy atom. The maximum Gasteiger partial charge on any atom is 0.226 e. The van der Waals surface area contributed by atoms with E-state index in [1.807, 2.05) is 4.90 Å². The second kappa shape index (κ2) is 2.96. The summed E-state index contributed by atoms with van der Waals surface area (Å²) in [6, 6.07) is 0.234. The maximum atomic E-state index is 12.0. The van der Waals surface area contributed by atoms with E-state index in [2.05, 4.69) is 0 Å². The van der Waals surface area contributed by atoms with Crippen molar-refractivity contribution in [2.24, 2.45) is 23.5 Å². The SMILES string of the molecule is N[C@H]1CCN(C(=O)C2C3CCCC32)C1. The summed E-state index contributed by atoms with van der Waals surface area (Å²) >= 11 is 0. The van der Waals surface area contributed by atoms with E-state index in [0.717, 1.165) is 31.3 Å². The molecule has 2 aliphatic carbocycles. The van der Waals surface area contributed by atoms with Crippen molar-refractivity contribution in [3.8, 4) is 0 Å². The molecule has 1 aliphatic heterocycles. The highest BCUT2D eigenvalue weighted by Crippen LogP contribution is 2.58. The number of nitrogens with zero attached hydrogens (tertiary/aromatic N) is 1. The van der Waals surface area contributed by atoms with E-state index in [9.17, 15) is 4.79 Å². The number of nitrogens with two attached hydrogens (primary N) is 1. The van der Waals surface area contributed by atoms with Gasteiger partial charge >= 0.3 is 0 Å². The van der Waals surface area contributed by atoms with Crippen molar-refractivity contribution in [1.29, 1.82) is 0 Å². The minimum absolute atomic E-state index is 0.234. The molecular formula is C11H18N2O. The van der Waals surface area contributed by atoms with Gasteiger partial charge < -0.3 is 10.6 Å². The molecule has 3 heteroatoms. The molecule has 3 rings (SSSR count). The molecule has 1 saturated heterocycles. The molecule has 3 aliphatic rings. The van der Waals surface area contributed by atoms with Gasteiger partial charge in [-0.1, -0.05) is 6.42 Å². The Kier molecular flexibility index (Phi) is 1.84. The maximum absolute atomic E-state index is 12.0. The molecule has 3 fully saturated rings. The summed E-state index contributed by atoms with van der Waals surface area (Å²) in [4.78, 5) is 14.0. The van der Waals surface area contributed by atoms with Gasteiger partial charge in [0.05, 0.1) is 0 Å². The first kappa shape index (κ1) is 8.72. The molecule has 1 amide bonds. The average molecular weight is 194 g/mol. The highest BCUT2D eigenvalue weighted by Gasteiger charge is 2.57. The molecule has 0 radical (unpaired) electrons. The van der Waals surface area contributed by atoms with E-state index in [0.29, 0.717) is 11.8 Å². The quantitative estimate of drug-likeness (QED) is 0.664. The van der Waals surface area contributed by atoms with Crippen molar-refractivity contribution in [2.75, 3.05) is 13.1 Å². The zero-order valence-corrected chi connectivity index (χ0v) is 8.48. The number of fused-ring (bicyclic) bond motifs is 1. The van der Waals surface area contributed by atoms with Crippen molar-refractivity contribution >= 4 is 5.91 Å². The lowest BCUT2D eigenvalue weighted by molar-refractivity contribution is -0.132. The average Bonchev–Trinajstić information content (AvgIpc) is 2.56. The fourth-order valence-corrected chi connectivity index (χ4v) is 3.39. The van der Waals surface area contributed by atoms with Crippen LogP contribution in [0.2, 0.25) is 0 Å². The van der Waals surface area contributed by atoms with Crippen LogP contribution in [-0.2, 0) is 4.79 Å². The molecule has 2 N–H and O–H groups in total. The van der Waals surface area contributed by atoms with Gasteiger partial charge in [-0.3, -0.25) is 4.79 Å². The van der Waals surface area contributed by atoms with Gasteiger partial charge in [-0.2, -0.15) is 0 Å². The van der Waals surface area contributed by atoms with Gasteiger partial charge in [0.1, 0.15) is 0 Å². The fraction of sp³-hybridized carbons (Fsp3) is 0.909. The van der Waals surface area contributed by atoms with Crippen LogP contribution in [0, 0.1) is 17.8 Å². The van der Waals surface area contributed by atoms with Crippen LogP contribution < -0.4 is 5.73 Å². The molecule has 1 heterocycles. The largest absolute Gasteiger partial charge is 0.341 e. The predicted molar refractivity (Wildman–Crippen MR) is 53.5 cm³/mol. The molecule has 78 valence electrons. The third kappa shape index (κ3) is 1.18. The highest BCUT2D eigenvalue weighted by atomic mass is 16.2. The molecule has 14 heavy (non-hydrogen) atoms. The van der Waals surface area contributed by atoms with Crippen LogP contribution >= 0.6 is 0 Å². The molecule has 0 bridgehead atoms. The molecule has 0 aromatic carbocycles. The summed E-state index contributed by atoms with van der Waals surface area (Å²) in [5.74, 6) is 2.31. The fourth-order valence-electron chi connectivity index (χ4n) is 3.39. The summed E-state index contributed by atoms with van der Waals surface area (Å²) in [6.07, 6.45) is 4.92. The monoisotopic (exact) mass is 194 g/mol.